The number of nitrogens with zero attached hydrogens (tertiary/aromatic N) is 4. The smallest absolute Gasteiger partial charge is 0.426 e. The minimum atomic E-state index is -4.93. The molecule has 0 saturated heterocycles. The number of alkyl halides is 3. The van der Waals surface area contributed by atoms with Gasteiger partial charge in [-0.25, -0.2) is 4.68 Å². The van der Waals surface area contributed by atoms with Gasteiger partial charge in [0, 0.05) is 12.4 Å². The van der Waals surface area contributed by atoms with Crippen LogP contribution in [-0.2, 0) is 6.18 Å². The van der Waals surface area contributed by atoms with Crippen molar-refractivity contribution < 1.29 is 22.3 Å². The first-order valence-electron chi connectivity index (χ1n) is 4.62. The van der Waals surface area contributed by atoms with E-state index in [-0.39, 0.29) is 5.95 Å². The molecule has 96 valence electrons. The molecule has 0 bridgehead atoms. The second-order valence-electron chi connectivity index (χ2n) is 3.15. The molecule has 0 unspecified atom stereocenters. The summed E-state index contributed by atoms with van der Waals surface area (Å²) in [4.78, 5) is 6.58. The van der Waals surface area contributed by atoms with Gasteiger partial charge in [-0.2, -0.15) is 32.6 Å². The van der Waals surface area contributed by atoms with Gasteiger partial charge < -0.3 is 4.74 Å². The first kappa shape index (κ1) is 12.3. The molecular weight excluding hydrogens is 256 g/mol. The summed E-state index contributed by atoms with van der Waals surface area (Å²) in [5.74, 6) is -2.94. The maximum atomic E-state index is 13.4. The number of ether oxygens (including phenoxy) is 1. The Hall–Kier alpha value is -2.19. The van der Waals surface area contributed by atoms with Crippen molar-refractivity contribution in [1.82, 2.24) is 19.7 Å². The Morgan fingerprint density at radius 3 is 2.50 bits per heavy atom. The van der Waals surface area contributed by atoms with Crippen molar-refractivity contribution in [1.29, 1.82) is 0 Å². The highest BCUT2D eigenvalue weighted by Crippen LogP contribution is 2.36. The second kappa shape index (κ2) is 4.24. The molecule has 2 heterocycles. The number of methoxy groups -OCH3 is 1. The lowest BCUT2D eigenvalue weighted by Gasteiger charge is -2.12. The zero-order valence-corrected chi connectivity index (χ0v) is 8.94. The Balaban J connectivity index is 2.61. The molecule has 0 aliphatic carbocycles. The first-order chi connectivity index (χ1) is 8.43. The molecule has 0 spiro atoms. The summed E-state index contributed by atoms with van der Waals surface area (Å²) >= 11 is 0. The van der Waals surface area contributed by atoms with Gasteiger partial charge in [0.2, 0.25) is 11.8 Å². The molecule has 0 N–H and O–H groups in total. The van der Waals surface area contributed by atoms with Crippen LogP contribution in [0, 0.1) is 5.95 Å². The fourth-order valence-electron chi connectivity index (χ4n) is 1.28. The molecule has 0 radical (unpaired) electrons. The molecule has 2 aromatic rings. The quantitative estimate of drug-likeness (QED) is 0.612. The zero-order chi connectivity index (χ0) is 13.3. The van der Waals surface area contributed by atoms with Crippen molar-refractivity contribution in [3.05, 3.63) is 30.0 Å². The van der Waals surface area contributed by atoms with Gasteiger partial charge in [0.15, 0.2) is 5.56 Å². The third-order valence-corrected chi connectivity index (χ3v) is 2.01. The highest BCUT2D eigenvalue weighted by atomic mass is 19.4. The van der Waals surface area contributed by atoms with E-state index in [0.29, 0.717) is 0 Å². The van der Waals surface area contributed by atoms with Crippen LogP contribution in [0.3, 0.4) is 0 Å². The summed E-state index contributed by atoms with van der Waals surface area (Å²) < 4.78 is 56.5. The maximum absolute atomic E-state index is 13.4. The van der Waals surface area contributed by atoms with Gasteiger partial charge >= 0.3 is 6.18 Å². The molecule has 0 fully saturated rings. The summed E-state index contributed by atoms with van der Waals surface area (Å²) in [5, 5.41) is 3.68. The second-order valence-corrected chi connectivity index (χ2v) is 3.15. The molecule has 0 atom stereocenters. The van der Waals surface area contributed by atoms with Crippen LogP contribution in [0.5, 0.6) is 5.88 Å². The largest absolute Gasteiger partial charge is 0.480 e. The minimum absolute atomic E-state index is 0.345. The van der Waals surface area contributed by atoms with Crippen molar-refractivity contribution >= 4 is 0 Å². The van der Waals surface area contributed by atoms with E-state index in [9.17, 15) is 17.6 Å². The molecule has 0 aliphatic heterocycles. The first-order valence-corrected chi connectivity index (χ1v) is 4.62. The zero-order valence-electron chi connectivity index (χ0n) is 8.94. The van der Waals surface area contributed by atoms with Gasteiger partial charge in [-0.15, -0.1) is 0 Å². The Morgan fingerprint density at radius 1 is 1.28 bits per heavy atom. The van der Waals surface area contributed by atoms with Crippen molar-refractivity contribution in [2.75, 3.05) is 7.11 Å². The fraction of sp³-hybridized carbons (Fsp3) is 0.222. The van der Waals surface area contributed by atoms with Crippen LogP contribution in [0.15, 0.2) is 18.5 Å². The highest BCUT2D eigenvalue weighted by molar-refractivity contribution is 5.31. The third-order valence-electron chi connectivity index (χ3n) is 2.01. The Labute approximate surface area is 98.0 Å². The number of aromatic nitrogens is 4. The number of hydrogen-bond donors (Lipinski definition) is 0. The van der Waals surface area contributed by atoms with Crippen molar-refractivity contribution in [3.63, 3.8) is 0 Å². The molecule has 5 nitrogen and oxygen atoms in total. The molecule has 0 aromatic carbocycles. The van der Waals surface area contributed by atoms with E-state index < -0.39 is 23.6 Å². The third kappa shape index (κ3) is 2.11. The topological polar surface area (TPSA) is 52.8 Å². The van der Waals surface area contributed by atoms with E-state index in [4.69, 9.17) is 0 Å². The van der Waals surface area contributed by atoms with Crippen LogP contribution in [0.2, 0.25) is 0 Å². The maximum Gasteiger partial charge on any atom is 0.426 e. The van der Waals surface area contributed by atoms with E-state index >= 15 is 0 Å². The van der Waals surface area contributed by atoms with Gasteiger partial charge in [0.05, 0.1) is 7.11 Å². The molecule has 18 heavy (non-hydrogen) atoms. The fourth-order valence-corrected chi connectivity index (χ4v) is 1.28. The molecule has 2 aromatic heterocycles. The number of rotatable bonds is 2. The van der Waals surface area contributed by atoms with Crippen LogP contribution in [0.4, 0.5) is 17.6 Å². The van der Waals surface area contributed by atoms with Crippen LogP contribution in [-0.4, -0.2) is 26.9 Å². The lowest BCUT2D eigenvalue weighted by Crippen LogP contribution is -2.16. The van der Waals surface area contributed by atoms with E-state index in [1.807, 2.05) is 0 Å². The number of hydrogen-bond acceptors (Lipinski definition) is 4. The standard InChI is InChI=1S/C9H6F4N4O/c1-18-7-5(9(11,12)13)6(10)15-8(16-7)17-4-2-3-14-17/h2-4H,1H3. The monoisotopic (exact) mass is 262 g/mol. The average Bonchev–Trinajstić information content (AvgIpc) is 2.79. The molecule has 2 rings (SSSR count). The Morgan fingerprint density at radius 2 is 2.00 bits per heavy atom. The predicted molar refractivity (Wildman–Crippen MR) is 50.7 cm³/mol. The lowest BCUT2D eigenvalue weighted by atomic mass is 10.3. The Kier molecular flexibility index (Phi) is 2.89. The van der Waals surface area contributed by atoms with Gasteiger partial charge in [0.1, 0.15) is 0 Å². The van der Waals surface area contributed by atoms with Crippen molar-refractivity contribution in [2.24, 2.45) is 0 Å². The molecule has 0 amide bonds. The molecular formula is C9H6F4N4O. The van der Waals surface area contributed by atoms with E-state index in [2.05, 4.69) is 19.8 Å². The predicted octanol–water partition coefficient (Wildman–Crippen LogP) is 1.83. The summed E-state index contributed by atoms with van der Waals surface area (Å²) in [5.41, 5.74) is -1.64. The van der Waals surface area contributed by atoms with Crippen molar-refractivity contribution in [2.45, 2.75) is 6.18 Å². The number of halogens is 4. The summed E-state index contributed by atoms with van der Waals surface area (Å²) in [6.45, 7) is 0. The van der Waals surface area contributed by atoms with E-state index in [0.717, 1.165) is 11.8 Å². The van der Waals surface area contributed by atoms with Gasteiger partial charge in [-0.3, -0.25) is 0 Å². The molecule has 9 heteroatoms. The van der Waals surface area contributed by atoms with Crippen LogP contribution < -0.4 is 4.74 Å². The van der Waals surface area contributed by atoms with Crippen molar-refractivity contribution in [3.8, 4) is 11.8 Å². The summed E-state index contributed by atoms with van der Waals surface area (Å²) in [6.07, 6.45) is -2.22. The van der Waals surface area contributed by atoms with Crippen LogP contribution >= 0.6 is 0 Å². The van der Waals surface area contributed by atoms with Gasteiger partial charge in [-0.05, 0) is 6.07 Å². The average molecular weight is 262 g/mol. The highest BCUT2D eigenvalue weighted by Gasteiger charge is 2.40. The summed E-state index contributed by atoms with van der Waals surface area (Å²) in [6, 6.07) is 1.49. The SMILES string of the molecule is COc1nc(-n2cccn2)nc(F)c1C(F)(F)F. The minimum Gasteiger partial charge on any atom is -0.480 e. The molecule has 0 saturated carbocycles. The van der Waals surface area contributed by atoms with E-state index in [1.165, 1.54) is 18.5 Å². The normalized spacial score (nSPS) is 11.6. The molecule has 0 aliphatic rings. The lowest BCUT2D eigenvalue weighted by molar-refractivity contribution is -0.142. The Bertz CT molecular complexity index is 552. The van der Waals surface area contributed by atoms with Gasteiger partial charge in [-0.1, -0.05) is 0 Å². The van der Waals surface area contributed by atoms with E-state index in [1.54, 1.807) is 0 Å². The summed E-state index contributed by atoms with van der Waals surface area (Å²) in [7, 11) is 0.962. The van der Waals surface area contributed by atoms with Crippen LogP contribution in [0.1, 0.15) is 5.56 Å². The van der Waals surface area contributed by atoms with Gasteiger partial charge in [0.25, 0.3) is 5.95 Å². The van der Waals surface area contributed by atoms with Crippen LogP contribution in [0.25, 0.3) is 5.95 Å².